The minimum absolute atomic E-state index is 0.0856. The predicted octanol–water partition coefficient (Wildman–Crippen LogP) is 7.08. The number of amides is 1. The van der Waals surface area contributed by atoms with Crippen molar-refractivity contribution in [2.45, 2.75) is 51.0 Å². The van der Waals surface area contributed by atoms with Gasteiger partial charge in [-0.05, 0) is 48.9 Å². The standard InChI is InChI=1S/C28H27F6N3O2/c29-27(30,31)21-12-19(13-22(14-21)28(32,33)34)17-35-25(38)26(16-18-6-7-18)8-10-37(11-9-26)24-15-23(36-39-24)20-4-2-1-3-5-20/h1-5,12-15,18H,6-11,16-17H2,(H,35,38). The van der Waals surface area contributed by atoms with Crippen molar-refractivity contribution in [1.29, 1.82) is 0 Å². The Morgan fingerprint density at radius 2 is 1.56 bits per heavy atom. The number of benzene rings is 2. The number of piperidine rings is 1. The van der Waals surface area contributed by atoms with E-state index in [1.165, 1.54) is 0 Å². The van der Waals surface area contributed by atoms with E-state index >= 15 is 0 Å². The fraction of sp³-hybridized carbons (Fsp3) is 0.429. The van der Waals surface area contributed by atoms with Gasteiger partial charge in [-0.1, -0.05) is 48.3 Å². The van der Waals surface area contributed by atoms with Crippen LogP contribution in [0.4, 0.5) is 32.2 Å². The molecule has 0 radical (unpaired) electrons. The van der Waals surface area contributed by atoms with Gasteiger partial charge in [0.15, 0.2) is 0 Å². The summed E-state index contributed by atoms with van der Waals surface area (Å²) < 4.78 is 85.0. The maximum atomic E-state index is 13.4. The molecule has 0 unspecified atom stereocenters. The Morgan fingerprint density at radius 1 is 0.949 bits per heavy atom. The summed E-state index contributed by atoms with van der Waals surface area (Å²) in [5.74, 6) is 0.628. The fourth-order valence-electron chi connectivity index (χ4n) is 5.20. The lowest BCUT2D eigenvalue weighted by Gasteiger charge is -2.40. The number of halogens is 6. The molecule has 1 saturated heterocycles. The van der Waals surface area contributed by atoms with E-state index in [-0.39, 0.29) is 17.5 Å². The third-order valence-corrected chi connectivity index (χ3v) is 7.56. The summed E-state index contributed by atoms with van der Waals surface area (Å²) in [7, 11) is 0. The van der Waals surface area contributed by atoms with E-state index in [2.05, 4.69) is 10.5 Å². The normalized spacial score (nSPS) is 17.7. The number of carbonyl (C=O) groups excluding carboxylic acids is 1. The Morgan fingerprint density at radius 3 is 2.13 bits per heavy atom. The van der Waals surface area contributed by atoms with Crippen LogP contribution >= 0.6 is 0 Å². The van der Waals surface area contributed by atoms with E-state index in [4.69, 9.17) is 4.52 Å². The first kappa shape index (κ1) is 27.1. The summed E-state index contributed by atoms with van der Waals surface area (Å²) in [6, 6.07) is 12.8. The molecule has 1 aliphatic heterocycles. The molecule has 1 aromatic heterocycles. The fourth-order valence-corrected chi connectivity index (χ4v) is 5.20. The minimum atomic E-state index is -4.94. The molecule has 208 valence electrons. The van der Waals surface area contributed by atoms with Gasteiger partial charge in [-0.2, -0.15) is 26.3 Å². The highest BCUT2D eigenvalue weighted by Gasteiger charge is 2.45. The highest BCUT2D eigenvalue weighted by Crippen LogP contribution is 2.46. The van der Waals surface area contributed by atoms with Crippen molar-refractivity contribution >= 4 is 11.8 Å². The Kier molecular flexibility index (Phi) is 7.11. The third kappa shape index (κ3) is 6.23. The summed E-state index contributed by atoms with van der Waals surface area (Å²) in [6.07, 6.45) is -6.29. The number of hydrogen-bond acceptors (Lipinski definition) is 4. The molecule has 39 heavy (non-hydrogen) atoms. The molecule has 0 atom stereocenters. The summed E-state index contributed by atoms with van der Waals surface area (Å²) in [5.41, 5.74) is -2.20. The molecule has 11 heteroatoms. The third-order valence-electron chi connectivity index (χ3n) is 7.56. The zero-order chi connectivity index (χ0) is 27.8. The van der Waals surface area contributed by atoms with Crippen LogP contribution in [0.2, 0.25) is 0 Å². The zero-order valence-corrected chi connectivity index (χ0v) is 20.9. The van der Waals surface area contributed by atoms with Gasteiger partial charge in [-0.15, -0.1) is 0 Å². The highest BCUT2D eigenvalue weighted by molar-refractivity contribution is 5.83. The van der Waals surface area contributed by atoms with Crippen LogP contribution in [0.3, 0.4) is 0 Å². The van der Waals surface area contributed by atoms with Gasteiger partial charge in [0.25, 0.3) is 0 Å². The van der Waals surface area contributed by atoms with E-state index < -0.39 is 35.4 Å². The summed E-state index contributed by atoms with van der Waals surface area (Å²) in [4.78, 5) is 15.4. The van der Waals surface area contributed by atoms with Gasteiger partial charge in [-0.25, -0.2) is 0 Å². The van der Waals surface area contributed by atoms with Gasteiger partial charge in [-0.3, -0.25) is 4.79 Å². The zero-order valence-electron chi connectivity index (χ0n) is 20.9. The molecule has 5 rings (SSSR count). The van der Waals surface area contributed by atoms with Crippen LogP contribution in [0, 0.1) is 11.3 Å². The Labute approximate surface area is 221 Å². The molecule has 0 spiro atoms. The molecule has 2 aliphatic rings. The van der Waals surface area contributed by atoms with Gasteiger partial charge < -0.3 is 14.7 Å². The number of anilines is 1. The topological polar surface area (TPSA) is 58.4 Å². The number of alkyl halides is 6. The van der Waals surface area contributed by atoms with Crippen molar-refractivity contribution in [1.82, 2.24) is 10.5 Å². The molecule has 3 aromatic rings. The molecule has 2 aromatic carbocycles. The van der Waals surface area contributed by atoms with Gasteiger partial charge in [0, 0.05) is 31.3 Å². The number of hydrogen-bond donors (Lipinski definition) is 1. The second-order valence-electron chi connectivity index (χ2n) is 10.4. The number of nitrogens with one attached hydrogen (secondary N) is 1. The lowest BCUT2D eigenvalue weighted by molar-refractivity contribution is -0.143. The van der Waals surface area contributed by atoms with Crippen molar-refractivity contribution in [2.75, 3.05) is 18.0 Å². The molecule has 2 fully saturated rings. The molecule has 5 nitrogen and oxygen atoms in total. The maximum Gasteiger partial charge on any atom is 0.416 e. The van der Waals surface area contributed by atoms with E-state index in [0.717, 1.165) is 18.4 Å². The number of carbonyl (C=O) groups is 1. The van der Waals surface area contributed by atoms with Crippen molar-refractivity contribution in [3.63, 3.8) is 0 Å². The first-order valence-corrected chi connectivity index (χ1v) is 12.8. The van der Waals surface area contributed by atoms with Crippen LogP contribution in [0.25, 0.3) is 11.3 Å². The molecular formula is C28H27F6N3O2. The Hall–Kier alpha value is -3.50. The van der Waals surface area contributed by atoms with E-state index in [1.54, 1.807) is 0 Å². The summed E-state index contributed by atoms with van der Waals surface area (Å²) in [5, 5.41) is 6.80. The molecule has 1 aliphatic carbocycles. The Balaban J connectivity index is 1.28. The second-order valence-corrected chi connectivity index (χ2v) is 10.4. The van der Waals surface area contributed by atoms with Gasteiger partial charge in [0.05, 0.1) is 16.5 Å². The van der Waals surface area contributed by atoms with Crippen LogP contribution in [0.15, 0.2) is 59.1 Å². The van der Waals surface area contributed by atoms with E-state index in [9.17, 15) is 31.1 Å². The predicted molar refractivity (Wildman–Crippen MR) is 131 cm³/mol. The minimum Gasteiger partial charge on any atom is -0.352 e. The number of nitrogens with zero attached hydrogens (tertiary/aromatic N) is 2. The SMILES string of the molecule is O=C(NCc1cc(C(F)(F)F)cc(C(F)(F)F)c1)C1(CC2CC2)CCN(c2cc(-c3ccccc3)no2)CC1. The van der Waals surface area contributed by atoms with Gasteiger partial charge in [0.2, 0.25) is 11.8 Å². The summed E-state index contributed by atoms with van der Waals surface area (Å²) >= 11 is 0. The molecule has 1 N–H and O–H groups in total. The summed E-state index contributed by atoms with van der Waals surface area (Å²) in [6.45, 7) is 0.585. The maximum absolute atomic E-state index is 13.4. The molecular weight excluding hydrogens is 524 g/mol. The average Bonchev–Trinajstić information content (AvgIpc) is 3.57. The number of aromatic nitrogens is 1. The van der Waals surface area contributed by atoms with Crippen LogP contribution in [0.1, 0.15) is 48.8 Å². The lowest BCUT2D eigenvalue weighted by Crippen LogP contribution is -2.49. The highest BCUT2D eigenvalue weighted by atomic mass is 19.4. The average molecular weight is 552 g/mol. The first-order valence-electron chi connectivity index (χ1n) is 12.8. The van der Waals surface area contributed by atoms with Crippen LogP contribution < -0.4 is 10.2 Å². The van der Waals surface area contributed by atoms with Gasteiger partial charge in [0.1, 0.15) is 5.69 Å². The van der Waals surface area contributed by atoms with Crippen LogP contribution in [-0.4, -0.2) is 24.2 Å². The first-order chi connectivity index (χ1) is 18.4. The molecule has 2 heterocycles. The van der Waals surface area contributed by atoms with Crippen molar-refractivity contribution in [3.8, 4) is 11.3 Å². The van der Waals surface area contributed by atoms with Crippen LogP contribution in [0.5, 0.6) is 0 Å². The van der Waals surface area contributed by atoms with Crippen LogP contribution in [-0.2, 0) is 23.7 Å². The van der Waals surface area contributed by atoms with Crippen molar-refractivity contribution in [3.05, 3.63) is 71.3 Å². The van der Waals surface area contributed by atoms with E-state index in [0.29, 0.717) is 62.0 Å². The molecule has 1 saturated carbocycles. The van der Waals surface area contributed by atoms with Gasteiger partial charge >= 0.3 is 12.4 Å². The molecule has 0 bridgehead atoms. The lowest BCUT2D eigenvalue weighted by atomic mass is 9.73. The second kappa shape index (κ2) is 10.2. The largest absolute Gasteiger partial charge is 0.416 e. The Bertz CT molecular complexity index is 1270. The molecule has 1 amide bonds. The quantitative estimate of drug-likeness (QED) is 0.319. The van der Waals surface area contributed by atoms with Crippen molar-refractivity contribution in [2.24, 2.45) is 11.3 Å². The number of rotatable bonds is 7. The monoisotopic (exact) mass is 551 g/mol. The van der Waals surface area contributed by atoms with E-state index in [1.807, 2.05) is 41.3 Å². The smallest absolute Gasteiger partial charge is 0.352 e. The van der Waals surface area contributed by atoms with Crippen molar-refractivity contribution < 1.29 is 35.7 Å².